The fourth-order valence-electron chi connectivity index (χ4n) is 3.60. The number of ether oxygens (including phenoxy) is 2. The van der Waals surface area contributed by atoms with Gasteiger partial charge in [-0.1, -0.05) is 19.1 Å². The lowest BCUT2D eigenvalue weighted by Gasteiger charge is -2.26. The maximum atomic E-state index is 13.3. The molecule has 0 unspecified atom stereocenters. The van der Waals surface area contributed by atoms with Crippen LogP contribution in [-0.2, 0) is 14.8 Å². The van der Waals surface area contributed by atoms with Crippen LogP contribution in [0.1, 0.15) is 30.1 Å². The van der Waals surface area contributed by atoms with Crippen LogP contribution in [0.2, 0.25) is 0 Å². The predicted octanol–water partition coefficient (Wildman–Crippen LogP) is 3.87. The highest BCUT2D eigenvalue weighted by Gasteiger charge is 2.25. The molecule has 3 rings (SSSR count). The number of benzene rings is 2. The minimum Gasteiger partial charge on any atom is -0.491 e. The van der Waals surface area contributed by atoms with E-state index in [0.717, 1.165) is 39.3 Å². The molecule has 0 atom stereocenters. The highest BCUT2D eigenvalue weighted by Crippen LogP contribution is 2.36. The van der Waals surface area contributed by atoms with Gasteiger partial charge in [0, 0.05) is 19.6 Å². The van der Waals surface area contributed by atoms with Gasteiger partial charge in [0.15, 0.2) is 0 Å². The van der Waals surface area contributed by atoms with E-state index in [1.165, 1.54) is 12.1 Å². The fraction of sp³-hybridized carbons (Fsp3) is 0.435. The molecule has 0 saturated carbocycles. The Balaban J connectivity index is 1.77. The summed E-state index contributed by atoms with van der Waals surface area (Å²) in [5, 5.41) is 13.0. The van der Waals surface area contributed by atoms with Crippen molar-refractivity contribution >= 4 is 43.3 Å². The lowest BCUT2D eigenvalue weighted by molar-refractivity contribution is 0.0378. The summed E-state index contributed by atoms with van der Waals surface area (Å²) in [6, 6.07) is 9.53. The lowest BCUT2D eigenvalue weighted by atomic mass is 10.1. The zero-order chi connectivity index (χ0) is 24.6. The Kier molecular flexibility index (Phi) is 9.57. The van der Waals surface area contributed by atoms with Crippen LogP contribution in [0.3, 0.4) is 0 Å². The summed E-state index contributed by atoms with van der Waals surface area (Å²) in [7, 11) is -4.08. The third-order valence-electron chi connectivity index (χ3n) is 5.27. The number of carboxylic acids is 1. The number of rotatable bonds is 12. The van der Waals surface area contributed by atoms with E-state index in [2.05, 4.69) is 30.9 Å². The van der Waals surface area contributed by atoms with Crippen molar-refractivity contribution in [2.75, 3.05) is 56.0 Å². The van der Waals surface area contributed by atoms with Gasteiger partial charge in [0.05, 0.1) is 35.7 Å². The summed E-state index contributed by atoms with van der Waals surface area (Å²) < 4.78 is 40.4. The summed E-state index contributed by atoms with van der Waals surface area (Å²) in [5.41, 5.74) is 0.139. The van der Waals surface area contributed by atoms with Crippen LogP contribution in [0.15, 0.2) is 45.8 Å². The lowest BCUT2D eigenvalue weighted by Crippen LogP contribution is -2.37. The molecule has 0 spiro atoms. The maximum Gasteiger partial charge on any atom is 0.341 e. The quantitative estimate of drug-likeness (QED) is 0.338. The maximum absolute atomic E-state index is 13.3. The minimum atomic E-state index is -4.08. The zero-order valence-electron chi connectivity index (χ0n) is 19.0. The Morgan fingerprint density at radius 3 is 2.62 bits per heavy atom. The van der Waals surface area contributed by atoms with Gasteiger partial charge in [-0.15, -0.1) is 0 Å². The molecule has 186 valence electrons. The third kappa shape index (κ3) is 6.84. The summed E-state index contributed by atoms with van der Waals surface area (Å²) in [4.78, 5) is 14.3. The molecular formula is C23H30BrN3O6S. The van der Waals surface area contributed by atoms with Gasteiger partial charge in [-0.3, -0.25) is 9.62 Å². The fourth-order valence-corrected chi connectivity index (χ4v) is 5.30. The molecule has 1 fully saturated rings. The standard InChI is InChI=1S/C23H30BrN3O6S/c1-2-14-33-22-17(24)8-9-19(21(22)23(28)29)26-34(30,31)20-7-4-3-6-18(20)25-10-5-11-27-12-15-32-16-13-27/h3-4,6-9,25-26H,2,5,10-16H2,1H3,(H,28,29). The van der Waals surface area contributed by atoms with Gasteiger partial charge in [-0.25, -0.2) is 13.2 Å². The van der Waals surface area contributed by atoms with Crippen LogP contribution in [0.5, 0.6) is 5.75 Å². The van der Waals surface area contributed by atoms with Crippen molar-refractivity contribution < 1.29 is 27.8 Å². The van der Waals surface area contributed by atoms with Crippen LogP contribution in [0.4, 0.5) is 11.4 Å². The van der Waals surface area contributed by atoms with Crippen LogP contribution >= 0.6 is 15.9 Å². The molecular weight excluding hydrogens is 526 g/mol. The number of hydrogen-bond donors (Lipinski definition) is 3. The molecule has 0 amide bonds. The third-order valence-corrected chi connectivity index (χ3v) is 7.31. The molecule has 2 aromatic carbocycles. The van der Waals surface area contributed by atoms with E-state index in [-0.39, 0.29) is 21.9 Å². The Labute approximate surface area is 208 Å². The average Bonchev–Trinajstić information content (AvgIpc) is 2.82. The van der Waals surface area contributed by atoms with Crippen LogP contribution in [0, 0.1) is 0 Å². The highest BCUT2D eigenvalue weighted by atomic mass is 79.9. The highest BCUT2D eigenvalue weighted by molar-refractivity contribution is 9.10. The molecule has 11 heteroatoms. The van der Waals surface area contributed by atoms with E-state index in [0.29, 0.717) is 29.7 Å². The number of nitrogens with one attached hydrogen (secondary N) is 2. The number of carbonyl (C=O) groups is 1. The van der Waals surface area contributed by atoms with E-state index in [4.69, 9.17) is 9.47 Å². The van der Waals surface area contributed by atoms with E-state index in [9.17, 15) is 18.3 Å². The zero-order valence-corrected chi connectivity index (χ0v) is 21.5. The van der Waals surface area contributed by atoms with Crippen molar-refractivity contribution in [3.8, 4) is 5.75 Å². The molecule has 1 saturated heterocycles. The van der Waals surface area contributed by atoms with E-state index in [1.807, 2.05) is 6.92 Å². The average molecular weight is 556 g/mol. The second-order valence-electron chi connectivity index (χ2n) is 7.79. The Morgan fingerprint density at radius 2 is 1.91 bits per heavy atom. The molecule has 1 aliphatic heterocycles. The monoisotopic (exact) mass is 555 g/mol. The van der Waals surface area contributed by atoms with Crippen LogP contribution in [0.25, 0.3) is 0 Å². The first kappa shape index (κ1) is 26.3. The normalized spacial score (nSPS) is 14.5. The van der Waals surface area contributed by atoms with E-state index >= 15 is 0 Å². The SMILES string of the molecule is CCCOc1c(Br)ccc(NS(=O)(=O)c2ccccc2NCCCN2CCOCC2)c1C(=O)O. The number of sulfonamides is 1. The summed E-state index contributed by atoms with van der Waals surface area (Å²) in [5.74, 6) is -1.20. The Bertz CT molecular complexity index is 1090. The second-order valence-corrected chi connectivity index (χ2v) is 10.3. The van der Waals surface area contributed by atoms with Gasteiger partial charge in [0.1, 0.15) is 16.2 Å². The first-order valence-corrected chi connectivity index (χ1v) is 13.5. The Morgan fingerprint density at radius 1 is 1.18 bits per heavy atom. The number of nitrogens with zero attached hydrogens (tertiary/aromatic N) is 1. The van der Waals surface area contributed by atoms with Crippen molar-refractivity contribution in [3.63, 3.8) is 0 Å². The molecule has 9 nitrogen and oxygen atoms in total. The number of aromatic carboxylic acids is 1. The van der Waals surface area contributed by atoms with E-state index in [1.54, 1.807) is 24.3 Å². The molecule has 0 aromatic heterocycles. The molecule has 0 aliphatic carbocycles. The predicted molar refractivity (Wildman–Crippen MR) is 135 cm³/mol. The number of hydrogen-bond acceptors (Lipinski definition) is 7. The molecule has 1 heterocycles. The van der Waals surface area contributed by atoms with Crippen molar-refractivity contribution in [2.45, 2.75) is 24.7 Å². The second kappa shape index (κ2) is 12.4. The van der Waals surface area contributed by atoms with Crippen LogP contribution in [-0.4, -0.2) is 70.4 Å². The largest absolute Gasteiger partial charge is 0.491 e. The van der Waals surface area contributed by atoms with Gasteiger partial charge >= 0.3 is 5.97 Å². The molecule has 0 bridgehead atoms. The smallest absolute Gasteiger partial charge is 0.341 e. The number of morpholine rings is 1. The van der Waals surface area contributed by atoms with Crippen molar-refractivity contribution in [1.82, 2.24) is 4.90 Å². The molecule has 0 radical (unpaired) electrons. The van der Waals surface area contributed by atoms with Gasteiger partial charge in [0.25, 0.3) is 10.0 Å². The molecule has 2 aromatic rings. The topological polar surface area (TPSA) is 117 Å². The van der Waals surface area contributed by atoms with Crippen LogP contribution < -0.4 is 14.8 Å². The Hall–Kier alpha value is -2.34. The molecule has 1 aliphatic rings. The van der Waals surface area contributed by atoms with Crippen molar-refractivity contribution in [3.05, 3.63) is 46.4 Å². The first-order valence-electron chi connectivity index (χ1n) is 11.2. The summed E-state index contributed by atoms with van der Waals surface area (Å²) >= 11 is 3.29. The van der Waals surface area contributed by atoms with E-state index < -0.39 is 16.0 Å². The van der Waals surface area contributed by atoms with Crippen molar-refractivity contribution in [2.24, 2.45) is 0 Å². The van der Waals surface area contributed by atoms with Crippen molar-refractivity contribution in [1.29, 1.82) is 0 Å². The van der Waals surface area contributed by atoms with Gasteiger partial charge in [-0.05, 0) is 59.6 Å². The number of carboxylic acid groups (broad SMARTS) is 1. The number of anilines is 2. The molecule has 3 N–H and O–H groups in total. The molecule has 34 heavy (non-hydrogen) atoms. The summed E-state index contributed by atoms with van der Waals surface area (Å²) in [6.45, 7) is 6.95. The number of halogens is 1. The van der Waals surface area contributed by atoms with Gasteiger partial charge in [-0.2, -0.15) is 0 Å². The van der Waals surface area contributed by atoms with Gasteiger partial charge < -0.3 is 19.9 Å². The summed E-state index contributed by atoms with van der Waals surface area (Å²) in [6.07, 6.45) is 1.52. The van der Waals surface area contributed by atoms with Gasteiger partial charge in [0.2, 0.25) is 0 Å². The first-order chi connectivity index (χ1) is 16.3. The minimum absolute atomic E-state index is 0.0386. The number of para-hydroxylation sites is 1.